The second-order valence-electron chi connectivity index (χ2n) is 6.75. The molecule has 0 unspecified atom stereocenters. The van der Waals surface area contributed by atoms with E-state index in [4.69, 9.17) is 15.0 Å². The highest BCUT2D eigenvalue weighted by Crippen LogP contribution is 2.22. The van der Waals surface area contributed by atoms with Gasteiger partial charge in [-0.25, -0.2) is 9.97 Å². The predicted octanol–water partition coefficient (Wildman–Crippen LogP) is 1.21. The van der Waals surface area contributed by atoms with Gasteiger partial charge in [0.05, 0.1) is 13.2 Å². The largest absolute Gasteiger partial charge is 0.378 e. The highest BCUT2D eigenvalue weighted by molar-refractivity contribution is 5.51. The number of rotatable bonds is 3. The summed E-state index contributed by atoms with van der Waals surface area (Å²) in [5, 5.41) is 9.04. The van der Waals surface area contributed by atoms with Crippen LogP contribution in [0.3, 0.4) is 0 Å². The van der Waals surface area contributed by atoms with Gasteiger partial charge in [0, 0.05) is 62.9 Å². The molecule has 4 rings (SSSR count). The van der Waals surface area contributed by atoms with Crippen molar-refractivity contribution in [2.24, 2.45) is 0 Å². The SMILES string of the molecule is Cc1cc(N2CCOCC2)nc(N2CCN(c3ccnc(C#N)c3)CC2)n1. The third-order valence-corrected chi connectivity index (χ3v) is 4.95. The van der Waals surface area contributed by atoms with E-state index in [0.29, 0.717) is 5.69 Å². The van der Waals surface area contributed by atoms with Crippen molar-refractivity contribution in [3.63, 3.8) is 0 Å². The predicted molar refractivity (Wildman–Crippen MR) is 103 cm³/mol. The Labute approximate surface area is 159 Å². The van der Waals surface area contributed by atoms with Gasteiger partial charge in [0.1, 0.15) is 17.6 Å². The van der Waals surface area contributed by atoms with E-state index in [9.17, 15) is 0 Å². The Morgan fingerprint density at radius 1 is 0.963 bits per heavy atom. The number of ether oxygens (including phenoxy) is 1. The summed E-state index contributed by atoms with van der Waals surface area (Å²) in [7, 11) is 0. The minimum atomic E-state index is 0.451. The Morgan fingerprint density at radius 2 is 1.70 bits per heavy atom. The second-order valence-corrected chi connectivity index (χ2v) is 6.75. The molecule has 0 aromatic carbocycles. The molecule has 140 valence electrons. The van der Waals surface area contributed by atoms with E-state index in [0.717, 1.165) is 75.6 Å². The Kier molecular flexibility index (Phi) is 5.03. The van der Waals surface area contributed by atoms with Crippen molar-refractivity contribution in [2.75, 3.05) is 67.2 Å². The van der Waals surface area contributed by atoms with Crippen LogP contribution in [0.15, 0.2) is 24.4 Å². The molecule has 2 aliphatic rings. The molecule has 0 radical (unpaired) electrons. The maximum atomic E-state index is 9.04. The zero-order valence-electron chi connectivity index (χ0n) is 15.5. The quantitative estimate of drug-likeness (QED) is 0.803. The van der Waals surface area contributed by atoms with Crippen LogP contribution in [0.5, 0.6) is 0 Å². The van der Waals surface area contributed by atoms with Crippen LogP contribution in [0.2, 0.25) is 0 Å². The van der Waals surface area contributed by atoms with Crippen LogP contribution in [0, 0.1) is 18.3 Å². The van der Waals surface area contributed by atoms with Crippen molar-refractivity contribution in [2.45, 2.75) is 6.92 Å². The van der Waals surface area contributed by atoms with Gasteiger partial charge >= 0.3 is 0 Å². The van der Waals surface area contributed by atoms with Crippen molar-refractivity contribution in [3.8, 4) is 6.07 Å². The molecule has 8 heteroatoms. The summed E-state index contributed by atoms with van der Waals surface area (Å²) in [6.07, 6.45) is 1.69. The summed E-state index contributed by atoms with van der Waals surface area (Å²) < 4.78 is 5.44. The third-order valence-electron chi connectivity index (χ3n) is 4.95. The molecule has 4 heterocycles. The van der Waals surface area contributed by atoms with Crippen LogP contribution in [0.1, 0.15) is 11.4 Å². The molecular formula is C19H23N7O. The maximum Gasteiger partial charge on any atom is 0.227 e. The molecule has 2 fully saturated rings. The summed E-state index contributed by atoms with van der Waals surface area (Å²) in [6.45, 7) is 8.65. The van der Waals surface area contributed by atoms with Gasteiger partial charge in [0.15, 0.2) is 0 Å². The van der Waals surface area contributed by atoms with Gasteiger partial charge in [0.2, 0.25) is 5.95 Å². The van der Waals surface area contributed by atoms with Crippen LogP contribution < -0.4 is 14.7 Å². The summed E-state index contributed by atoms with van der Waals surface area (Å²) in [6, 6.07) is 7.95. The van der Waals surface area contributed by atoms with Crippen LogP contribution in [0.25, 0.3) is 0 Å². The van der Waals surface area contributed by atoms with E-state index in [1.54, 1.807) is 6.20 Å². The van der Waals surface area contributed by atoms with Gasteiger partial charge in [-0.2, -0.15) is 10.2 Å². The third kappa shape index (κ3) is 3.93. The van der Waals surface area contributed by atoms with Crippen molar-refractivity contribution >= 4 is 17.5 Å². The fourth-order valence-electron chi connectivity index (χ4n) is 3.47. The first-order valence-electron chi connectivity index (χ1n) is 9.27. The number of piperazine rings is 1. The average Bonchev–Trinajstić information content (AvgIpc) is 2.74. The Balaban J connectivity index is 1.46. The second kappa shape index (κ2) is 7.76. The standard InChI is InChI=1S/C19H23N7O/c1-15-12-18(25-8-10-27-11-9-25)23-19(22-15)26-6-4-24(5-7-26)17-2-3-21-16(13-17)14-20/h2-3,12-13H,4-11H2,1H3. The molecule has 27 heavy (non-hydrogen) atoms. The highest BCUT2D eigenvalue weighted by atomic mass is 16.5. The topological polar surface area (TPSA) is 81.4 Å². The highest BCUT2D eigenvalue weighted by Gasteiger charge is 2.21. The normalized spacial score (nSPS) is 17.7. The van der Waals surface area contributed by atoms with Gasteiger partial charge in [-0.3, -0.25) is 0 Å². The van der Waals surface area contributed by atoms with Gasteiger partial charge < -0.3 is 19.4 Å². The van der Waals surface area contributed by atoms with E-state index in [1.165, 1.54) is 0 Å². The molecule has 0 bridgehead atoms. The smallest absolute Gasteiger partial charge is 0.227 e. The number of hydrogen-bond acceptors (Lipinski definition) is 8. The molecule has 0 aliphatic carbocycles. The molecule has 0 atom stereocenters. The molecular weight excluding hydrogens is 342 g/mol. The first-order chi connectivity index (χ1) is 13.2. The maximum absolute atomic E-state index is 9.04. The lowest BCUT2D eigenvalue weighted by molar-refractivity contribution is 0.122. The molecule has 2 aromatic rings. The van der Waals surface area contributed by atoms with Crippen LogP contribution in [0.4, 0.5) is 17.5 Å². The molecule has 0 amide bonds. The molecule has 2 aliphatic heterocycles. The number of morpholine rings is 1. The number of aromatic nitrogens is 3. The summed E-state index contributed by atoms with van der Waals surface area (Å²) >= 11 is 0. The van der Waals surface area contributed by atoms with Crippen LogP contribution >= 0.6 is 0 Å². The Morgan fingerprint density at radius 3 is 2.44 bits per heavy atom. The lowest BCUT2D eigenvalue weighted by Crippen LogP contribution is -2.47. The first-order valence-corrected chi connectivity index (χ1v) is 9.27. The summed E-state index contributed by atoms with van der Waals surface area (Å²) in [5.74, 6) is 1.78. The number of nitrogens with zero attached hydrogens (tertiary/aromatic N) is 7. The van der Waals surface area contributed by atoms with E-state index in [-0.39, 0.29) is 0 Å². The van der Waals surface area contributed by atoms with E-state index in [2.05, 4.69) is 30.7 Å². The van der Waals surface area contributed by atoms with Gasteiger partial charge in [0.25, 0.3) is 0 Å². The molecule has 0 saturated carbocycles. The van der Waals surface area contributed by atoms with Crippen molar-refractivity contribution < 1.29 is 4.74 Å². The van der Waals surface area contributed by atoms with Gasteiger partial charge in [-0.1, -0.05) is 0 Å². The van der Waals surface area contributed by atoms with Crippen LogP contribution in [-0.4, -0.2) is 67.4 Å². The number of pyridine rings is 1. The lowest BCUT2D eigenvalue weighted by Gasteiger charge is -2.36. The van der Waals surface area contributed by atoms with Crippen molar-refractivity contribution in [1.29, 1.82) is 5.26 Å². The number of aryl methyl sites for hydroxylation is 1. The van der Waals surface area contributed by atoms with E-state index < -0.39 is 0 Å². The minimum absolute atomic E-state index is 0.451. The first kappa shape index (κ1) is 17.5. The fraction of sp³-hybridized carbons (Fsp3) is 0.474. The molecule has 0 N–H and O–H groups in total. The summed E-state index contributed by atoms with van der Waals surface area (Å²) in [5.41, 5.74) is 2.48. The Bertz CT molecular complexity index is 836. The monoisotopic (exact) mass is 365 g/mol. The minimum Gasteiger partial charge on any atom is -0.378 e. The summed E-state index contributed by atoms with van der Waals surface area (Å²) in [4.78, 5) is 20.3. The molecule has 0 spiro atoms. The Hall–Kier alpha value is -2.92. The zero-order chi connectivity index (χ0) is 18.6. The van der Waals surface area contributed by atoms with Crippen LogP contribution in [-0.2, 0) is 4.74 Å². The molecule has 2 aromatic heterocycles. The fourth-order valence-corrected chi connectivity index (χ4v) is 3.47. The number of anilines is 3. The van der Waals surface area contributed by atoms with Crippen molar-refractivity contribution in [1.82, 2.24) is 15.0 Å². The molecule has 2 saturated heterocycles. The average molecular weight is 365 g/mol. The van der Waals surface area contributed by atoms with Gasteiger partial charge in [-0.15, -0.1) is 0 Å². The van der Waals surface area contributed by atoms with Crippen molar-refractivity contribution in [3.05, 3.63) is 35.8 Å². The van der Waals surface area contributed by atoms with E-state index in [1.807, 2.05) is 25.1 Å². The molecule has 8 nitrogen and oxygen atoms in total. The number of hydrogen-bond donors (Lipinski definition) is 0. The zero-order valence-corrected chi connectivity index (χ0v) is 15.5. The van der Waals surface area contributed by atoms with E-state index >= 15 is 0 Å². The lowest BCUT2D eigenvalue weighted by atomic mass is 10.2. The van der Waals surface area contributed by atoms with Gasteiger partial charge in [-0.05, 0) is 19.1 Å². The number of nitriles is 1.